The minimum Gasteiger partial charge on any atom is -0.497 e. The van der Waals surface area contributed by atoms with Crippen molar-refractivity contribution in [2.45, 2.75) is 19.1 Å². The van der Waals surface area contributed by atoms with Crippen LogP contribution in [0, 0.1) is 6.92 Å². The molecule has 1 aliphatic rings. The van der Waals surface area contributed by atoms with Crippen LogP contribution in [0.2, 0.25) is 0 Å². The van der Waals surface area contributed by atoms with Crippen LogP contribution in [0.5, 0.6) is 5.75 Å². The number of methoxy groups -OCH3 is 1. The summed E-state index contributed by atoms with van der Waals surface area (Å²) < 4.78 is 10.6. The lowest BCUT2D eigenvalue weighted by Gasteiger charge is -2.01. The van der Waals surface area contributed by atoms with Crippen molar-refractivity contribution in [2.24, 2.45) is 0 Å². The van der Waals surface area contributed by atoms with Gasteiger partial charge in [-0.05, 0) is 24.6 Å². The fourth-order valence-electron chi connectivity index (χ4n) is 2.24. The van der Waals surface area contributed by atoms with Gasteiger partial charge in [-0.3, -0.25) is 4.79 Å². The van der Waals surface area contributed by atoms with Crippen molar-refractivity contribution in [1.82, 2.24) is 0 Å². The number of Topliss-reactive ketones (excluding diaryl/α,β-unsaturated/α-hetero) is 1. The van der Waals surface area contributed by atoms with Gasteiger partial charge >= 0.3 is 0 Å². The van der Waals surface area contributed by atoms with Crippen LogP contribution >= 0.6 is 0 Å². The molecule has 3 nitrogen and oxygen atoms in total. The first kappa shape index (κ1) is 12.9. The minimum atomic E-state index is -0.355. The Labute approximate surface area is 118 Å². The second-order valence-electron chi connectivity index (χ2n) is 4.98. The fraction of sp³-hybridized carbons (Fsp3) is 0.235. The van der Waals surface area contributed by atoms with Gasteiger partial charge in [-0.25, -0.2) is 0 Å². The summed E-state index contributed by atoms with van der Waals surface area (Å²) in [6.45, 7) is 2.00. The average Bonchev–Trinajstić information content (AvgIpc) is 3.28. The second-order valence-corrected chi connectivity index (χ2v) is 4.98. The van der Waals surface area contributed by atoms with E-state index in [0.717, 1.165) is 16.9 Å². The van der Waals surface area contributed by atoms with E-state index in [9.17, 15) is 4.79 Å². The zero-order valence-corrected chi connectivity index (χ0v) is 11.5. The van der Waals surface area contributed by atoms with Gasteiger partial charge in [0.05, 0.1) is 7.11 Å². The molecule has 1 fully saturated rings. The van der Waals surface area contributed by atoms with Crippen LogP contribution in [0.1, 0.15) is 27.6 Å². The lowest BCUT2D eigenvalue weighted by Crippen LogP contribution is -2.08. The van der Waals surface area contributed by atoms with Gasteiger partial charge in [0, 0.05) is 5.56 Å². The fourth-order valence-corrected chi connectivity index (χ4v) is 2.24. The highest BCUT2D eigenvalue weighted by atomic mass is 16.6. The Morgan fingerprint density at radius 1 is 1.05 bits per heavy atom. The van der Waals surface area contributed by atoms with Crippen LogP contribution in [0.15, 0.2) is 48.5 Å². The van der Waals surface area contributed by atoms with E-state index in [1.54, 1.807) is 7.11 Å². The second kappa shape index (κ2) is 5.10. The molecule has 2 unspecified atom stereocenters. The largest absolute Gasteiger partial charge is 0.497 e. The molecule has 0 aromatic heterocycles. The predicted octanol–water partition coefficient (Wildman–Crippen LogP) is 3.33. The molecule has 0 bridgehead atoms. The van der Waals surface area contributed by atoms with Crippen LogP contribution in [-0.4, -0.2) is 19.0 Å². The van der Waals surface area contributed by atoms with Gasteiger partial charge in [-0.2, -0.15) is 0 Å². The zero-order valence-electron chi connectivity index (χ0n) is 11.5. The number of hydrogen-bond acceptors (Lipinski definition) is 3. The van der Waals surface area contributed by atoms with E-state index in [1.807, 2.05) is 55.5 Å². The number of hydrogen-bond donors (Lipinski definition) is 0. The highest BCUT2D eigenvalue weighted by Gasteiger charge is 2.46. The Bertz CT molecular complexity index is 614. The molecule has 20 heavy (non-hydrogen) atoms. The Morgan fingerprint density at radius 2 is 1.70 bits per heavy atom. The number of ketones is 1. The summed E-state index contributed by atoms with van der Waals surface area (Å²) >= 11 is 0. The topological polar surface area (TPSA) is 38.8 Å². The molecular weight excluding hydrogens is 252 g/mol. The molecule has 0 saturated carbocycles. The highest BCUT2D eigenvalue weighted by Crippen LogP contribution is 2.41. The number of aryl methyl sites for hydroxylation is 1. The van der Waals surface area contributed by atoms with Gasteiger partial charge in [0.2, 0.25) is 0 Å². The summed E-state index contributed by atoms with van der Waals surface area (Å²) in [5.74, 6) is 0.849. The number of carbonyl (C=O) groups is 1. The number of benzene rings is 2. The monoisotopic (exact) mass is 268 g/mol. The van der Waals surface area contributed by atoms with Gasteiger partial charge < -0.3 is 9.47 Å². The Morgan fingerprint density at radius 3 is 2.30 bits per heavy atom. The first-order valence-electron chi connectivity index (χ1n) is 6.59. The molecular formula is C17H16O3. The van der Waals surface area contributed by atoms with E-state index in [2.05, 4.69) is 0 Å². The van der Waals surface area contributed by atoms with Crippen molar-refractivity contribution in [3.05, 3.63) is 65.2 Å². The zero-order chi connectivity index (χ0) is 14.1. The first-order chi connectivity index (χ1) is 9.69. The smallest absolute Gasteiger partial charge is 0.194 e. The molecule has 0 amide bonds. The van der Waals surface area contributed by atoms with E-state index in [-0.39, 0.29) is 18.0 Å². The third-order valence-corrected chi connectivity index (χ3v) is 3.53. The summed E-state index contributed by atoms with van der Waals surface area (Å²) in [6.07, 6.45) is -0.485. The SMILES string of the molecule is COc1ccc(C2OC2C(=O)c2ccc(C)cc2)cc1. The van der Waals surface area contributed by atoms with Crippen LogP contribution < -0.4 is 4.74 Å². The first-order valence-corrected chi connectivity index (χ1v) is 6.59. The van der Waals surface area contributed by atoms with Crippen molar-refractivity contribution >= 4 is 5.78 Å². The Kier molecular flexibility index (Phi) is 3.28. The quantitative estimate of drug-likeness (QED) is 0.630. The van der Waals surface area contributed by atoms with Crippen molar-refractivity contribution in [3.8, 4) is 5.75 Å². The van der Waals surface area contributed by atoms with E-state index in [4.69, 9.17) is 9.47 Å². The number of rotatable bonds is 4. The third-order valence-electron chi connectivity index (χ3n) is 3.53. The maximum atomic E-state index is 12.3. The highest BCUT2D eigenvalue weighted by molar-refractivity contribution is 6.01. The average molecular weight is 268 g/mol. The Balaban J connectivity index is 1.71. The molecule has 2 aromatic rings. The molecule has 2 aromatic carbocycles. The summed E-state index contributed by atoms with van der Waals surface area (Å²) in [6, 6.07) is 15.2. The molecule has 1 aliphatic heterocycles. The van der Waals surface area contributed by atoms with Gasteiger partial charge in [0.25, 0.3) is 0 Å². The predicted molar refractivity (Wildman–Crippen MR) is 76.1 cm³/mol. The molecule has 102 valence electrons. The molecule has 2 atom stereocenters. The minimum absolute atomic E-state index is 0.0471. The molecule has 3 heteroatoms. The normalized spacial score (nSPS) is 20.5. The van der Waals surface area contributed by atoms with Crippen LogP contribution in [0.25, 0.3) is 0 Å². The third kappa shape index (κ3) is 2.45. The molecule has 0 aliphatic carbocycles. The van der Waals surface area contributed by atoms with Crippen LogP contribution in [0.4, 0.5) is 0 Å². The Hall–Kier alpha value is -2.13. The number of ether oxygens (including phenoxy) is 2. The molecule has 1 heterocycles. The molecule has 0 N–H and O–H groups in total. The summed E-state index contributed by atoms with van der Waals surface area (Å²) in [5, 5.41) is 0. The summed E-state index contributed by atoms with van der Waals surface area (Å²) in [4.78, 5) is 12.3. The lowest BCUT2D eigenvalue weighted by molar-refractivity contribution is 0.0953. The summed E-state index contributed by atoms with van der Waals surface area (Å²) in [5.41, 5.74) is 2.86. The van der Waals surface area contributed by atoms with Crippen molar-refractivity contribution in [3.63, 3.8) is 0 Å². The van der Waals surface area contributed by atoms with E-state index >= 15 is 0 Å². The van der Waals surface area contributed by atoms with Crippen LogP contribution in [0.3, 0.4) is 0 Å². The van der Waals surface area contributed by atoms with E-state index in [0.29, 0.717) is 5.56 Å². The molecule has 1 saturated heterocycles. The van der Waals surface area contributed by atoms with Crippen molar-refractivity contribution < 1.29 is 14.3 Å². The van der Waals surface area contributed by atoms with Gasteiger partial charge in [0.1, 0.15) is 11.9 Å². The van der Waals surface area contributed by atoms with Gasteiger partial charge in [-0.15, -0.1) is 0 Å². The lowest BCUT2D eigenvalue weighted by atomic mass is 10.0. The number of epoxide rings is 1. The van der Waals surface area contributed by atoms with Crippen molar-refractivity contribution in [1.29, 1.82) is 0 Å². The molecule has 0 radical (unpaired) electrons. The van der Waals surface area contributed by atoms with Crippen molar-refractivity contribution in [2.75, 3.05) is 7.11 Å². The van der Waals surface area contributed by atoms with E-state index in [1.165, 1.54) is 0 Å². The standard InChI is InChI=1S/C17H16O3/c1-11-3-5-12(6-4-11)15(18)17-16(20-17)13-7-9-14(19-2)10-8-13/h3-10,16-17H,1-2H3. The van der Waals surface area contributed by atoms with Crippen LogP contribution in [-0.2, 0) is 4.74 Å². The molecule has 3 rings (SSSR count). The molecule has 0 spiro atoms. The van der Waals surface area contributed by atoms with Gasteiger partial charge in [-0.1, -0.05) is 42.0 Å². The van der Waals surface area contributed by atoms with Gasteiger partial charge in [0.15, 0.2) is 11.9 Å². The maximum absolute atomic E-state index is 12.3. The number of carbonyl (C=O) groups excluding carboxylic acids is 1. The maximum Gasteiger partial charge on any atom is 0.194 e. The van der Waals surface area contributed by atoms with E-state index < -0.39 is 0 Å². The summed E-state index contributed by atoms with van der Waals surface area (Å²) in [7, 11) is 1.63.